The molecule has 3 nitrogen and oxygen atoms in total. The molecular weight excluding hydrogens is 190 g/mol. The van der Waals surface area contributed by atoms with Crippen LogP contribution in [0.5, 0.6) is 0 Å². The van der Waals surface area contributed by atoms with Gasteiger partial charge in [0.1, 0.15) is 11.6 Å². The first-order valence-corrected chi connectivity index (χ1v) is 5.73. The van der Waals surface area contributed by atoms with Crippen LogP contribution in [-0.4, -0.2) is 24.2 Å². The molecule has 0 rings (SSSR count). The van der Waals surface area contributed by atoms with Crippen molar-refractivity contribution in [3.63, 3.8) is 0 Å². The molecule has 0 amide bonds. The molecule has 0 aromatic heterocycles. The summed E-state index contributed by atoms with van der Waals surface area (Å²) in [6, 6.07) is -0.0771. The SMILES string of the molecule is CCCC[C@@H](NC[C@@H](C)C(C)=O)C(C)=O. The molecule has 0 saturated heterocycles. The van der Waals surface area contributed by atoms with Crippen LogP contribution in [-0.2, 0) is 9.59 Å². The maximum atomic E-state index is 11.3. The van der Waals surface area contributed by atoms with Gasteiger partial charge in [-0.15, -0.1) is 0 Å². The fraction of sp³-hybridized carbons (Fsp3) is 0.833. The number of Topliss-reactive ketones (excluding diaryl/α,β-unsaturated/α-hetero) is 2. The quantitative estimate of drug-likeness (QED) is 0.670. The molecule has 1 N–H and O–H groups in total. The molecule has 2 atom stereocenters. The second-order valence-electron chi connectivity index (χ2n) is 4.23. The highest BCUT2D eigenvalue weighted by atomic mass is 16.1. The summed E-state index contributed by atoms with van der Waals surface area (Å²) in [6.07, 6.45) is 3.01. The van der Waals surface area contributed by atoms with Crippen molar-refractivity contribution in [2.45, 2.75) is 53.0 Å². The Kier molecular flexibility index (Phi) is 7.22. The average molecular weight is 213 g/mol. The molecule has 0 aliphatic carbocycles. The van der Waals surface area contributed by atoms with Crippen LogP contribution in [0.1, 0.15) is 47.0 Å². The van der Waals surface area contributed by atoms with Gasteiger partial charge in [0, 0.05) is 12.5 Å². The van der Waals surface area contributed by atoms with E-state index in [1.165, 1.54) is 0 Å². The zero-order chi connectivity index (χ0) is 11.8. The van der Waals surface area contributed by atoms with Gasteiger partial charge in [-0.1, -0.05) is 26.7 Å². The van der Waals surface area contributed by atoms with Crippen LogP contribution in [0.3, 0.4) is 0 Å². The molecule has 0 spiro atoms. The van der Waals surface area contributed by atoms with E-state index in [-0.39, 0.29) is 23.5 Å². The highest BCUT2D eigenvalue weighted by Crippen LogP contribution is 2.03. The Morgan fingerprint density at radius 1 is 1.20 bits per heavy atom. The topological polar surface area (TPSA) is 46.2 Å². The smallest absolute Gasteiger partial charge is 0.146 e. The van der Waals surface area contributed by atoms with Crippen molar-refractivity contribution in [3.8, 4) is 0 Å². The van der Waals surface area contributed by atoms with Gasteiger partial charge in [0.05, 0.1) is 6.04 Å². The summed E-state index contributed by atoms with van der Waals surface area (Å²) >= 11 is 0. The Bertz CT molecular complexity index is 214. The summed E-state index contributed by atoms with van der Waals surface area (Å²) in [6.45, 7) is 7.78. The Balaban J connectivity index is 3.95. The van der Waals surface area contributed by atoms with Crippen molar-refractivity contribution in [1.82, 2.24) is 5.32 Å². The second-order valence-corrected chi connectivity index (χ2v) is 4.23. The molecule has 0 aliphatic heterocycles. The highest BCUT2D eigenvalue weighted by molar-refractivity contribution is 5.81. The molecule has 0 aromatic carbocycles. The largest absolute Gasteiger partial charge is 0.307 e. The van der Waals surface area contributed by atoms with E-state index >= 15 is 0 Å². The van der Waals surface area contributed by atoms with Crippen molar-refractivity contribution in [3.05, 3.63) is 0 Å². The standard InChI is InChI=1S/C12H23NO2/c1-5-6-7-12(11(4)15)13-8-9(2)10(3)14/h9,12-13H,5-8H2,1-4H3/t9-,12-/m1/s1. The van der Waals surface area contributed by atoms with Crippen LogP contribution in [0.2, 0.25) is 0 Å². The molecular formula is C12H23NO2. The number of unbranched alkanes of at least 4 members (excludes halogenated alkanes) is 1. The molecule has 15 heavy (non-hydrogen) atoms. The van der Waals surface area contributed by atoms with Gasteiger partial charge >= 0.3 is 0 Å². The lowest BCUT2D eigenvalue weighted by molar-refractivity contribution is -0.122. The summed E-state index contributed by atoms with van der Waals surface area (Å²) in [5.74, 6) is 0.327. The number of carbonyl (C=O) groups is 2. The number of carbonyl (C=O) groups excluding carboxylic acids is 2. The summed E-state index contributed by atoms with van der Waals surface area (Å²) in [5, 5.41) is 3.16. The molecule has 0 radical (unpaired) electrons. The number of nitrogens with one attached hydrogen (secondary N) is 1. The Hall–Kier alpha value is -0.700. The lowest BCUT2D eigenvalue weighted by atomic mass is 10.0. The van der Waals surface area contributed by atoms with Gasteiger partial charge in [-0.25, -0.2) is 0 Å². The Labute approximate surface area is 92.6 Å². The van der Waals surface area contributed by atoms with E-state index in [0.29, 0.717) is 6.54 Å². The molecule has 0 fully saturated rings. The molecule has 3 heteroatoms. The summed E-state index contributed by atoms with van der Waals surface area (Å²) in [5.41, 5.74) is 0. The number of rotatable bonds is 8. The summed E-state index contributed by atoms with van der Waals surface area (Å²) in [7, 11) is 0. The third kappa shape index (κ3) is 6.39. The normalized spacial score (nSPS) is 14.7. The fourth-order valence-electron chi connectivity index (χ4n) is 1.32. The maximum absolute atomic E-state index is 11.3. The fourth-order valence-corrected chi connectivity index (χ4v) is 1.32. The van der Waals surface area contributed by atoms with E-state index in [1.807, 2.05) is 6.92 Å². The minimum absolute atomic E-state index is 0.00604. The molecule has 0 unspecified atom stereocenters. The van der Waals surface area contributed by atoms with Gasteiger partial charge in [-0.2, -0.15) is 0 Å². The molecule has 0 bridgehead atoms. The highest BCUT2D eigenvalue weighted by Gasteiger charge is 2.15. The van der Waals surface area contributed by atoms with Gasteiger partial charge in [0.2, 0.25) is 0 Å². The van der Waals surface area contributed by atoms with Crippen molar-refractivity contribution >= 4 is 11.6 Å². The first-order chi connectivity index (χ1) is 6.99. The zero-order valence-electron chi connectivity index (χ0n) is 10.3. The molecule has 0 saturated carbocycles. The first kappa shape index (κ1) is 14.3. The van der Waals surface area contributed by atoms with E-state index in [4.69, 9.17) is 0 Å². The van der Waals surface area contributed by atoms with E-state index in [1.54, 1.807) is 13.8 Å². The van der Waals surface area contributed by atoms with Crippen molar-refractivity contribution < 1.29 is 9.59 Å². The lowest BCUT2D eigenvalue weighted by Gasteiger charge is -2.17. The van der Waals surface area contributed by atoms with Gasteiger partial charge in [-0.05, 0) is 20.3 Å². The molecule has 88 valence electrons. The number of hydrogen-bond acceptors (Lipinski definition) is 3. The van der Waals surface area contributed by atoms with E-state index in [2.05, 4.69) is 12.2 Å². The predicted octanol–water partition coefficient (Wildman–Crippen LogP) is 1.95. The molecule has 0 aliphatic rings. The molecule has 0 heterocycles. The third-order valence-electron chi connectivity index (χ3n) is 2.70. The van der Waals surface area contributed by atoms with Crippen molar-refractivity contribution in [2.24, 2.45) is 5.92 Å². The van der Waals surface area contributed by atoms with Gasteiger partial charge in [0.25, 0.3) is 0 Å². The van der Waals surface area contributed by atoms with Crippen LogP contribution < -0.4 is 5.32 Å². The zero-order valence-corrected chi connectivity index (χ0v) is 10.3. The Morgan fingerprint density at radius 2 is 1.80 bits per heavy atom. The number of ketones is 2. The second kappa shape index (κ2) is 7.57. The first-order valence-electron chi connectivity index (χ1n) is 5.73. The van der Waals surface area contributed by atoms with Crippen LogP contribution in [0.4, 0.5) is 0 Å². The summed E-state index contributed by atoms with van der Waals surface area (Å²) < 4.78 is 0. The minimum Gasteiger partial charge on any atom is -0.307 e. The van der Waals surface area contributed by atoms with Crippen molar-refractivity contribution in [1.29, 1.82) is 0 Å². The predicted molar refractivity (Wildman–Crippen MR) is 61.8 cm³/mol. The monoisotopic (exact) mass is 213 g/mol. The average Bonchev–Trinajstić information content (AvgIpc) is 2.16. The third-order valence-corrected chi connectivity index (χ3v) is 2.70. The van der Waals surface area contributed by atoms with Crippen LogP contribution >= 0.6 is 0 Å². The van der Waals surface area contributed by atoms with Crippen molar-refractivity contribution in [2.75, 3.05) is 6.54 Å². The summed E-state index contributed by atoms with van der Waals surface area (Å²) in [4.78, 5) is 22.3. The van der Waals surface area contributed by atoms with Gasteiger partial charge in [-0.3, -0.25) is 9.59 Å². The Morgan fingerprint density at radius 3 is 2.20 bits per heavy atom. The minimum atomic E-state index is -0.0771. The van der Waals surface area contributed by atoms with Crippen LogP contribution in [0.25, 0.3) is 0 Å². The van der Waals surface area contributed by atoms with Gasteiger partial charge in [0.15, 0.2) is 0 Å². The van der Waals surface area contributed by atoms with E-state index in [0.717, 1.165) is 19.3 Å². The van der Waals surface area contributed by atoms with E-state index in [9.17, 15) is 9.59 Å². The number of hydrogen-bond donors (Lipinski definition) is 1. The lowest BCUT2D eigenvalue weighted by Crippen LogP contribution is -2.39. The molecule has 0 aromatic rings. The van der Waals surface area contributed by atoms with E-state index < -0.39 is 0 Å². The van der Waals surface area contributed by atoms with Crippen LogP contribution in [0.15, 0.2) is 0 Å². The van der Waals surface area contributed by atoms with Gasteiger partial charge < -0.3 is 5.32 Å². The van der Waals surface area contributed by atoms with Crippen LogP contribution in [0, 0.1) is 5.92 Å². The maximum Gasteiger partial charge on any atom is 0.146 e.